The zero-order valence-electron chi connectivity index (χ0n) is 10.9. The van der Waals surface area contributed by atoms with Crippen molar-refractivity contribution in [2.45, 2.75) is 38.6 Å². The van der Waals surface area contributed by atoms with Gasteiger partial charge >= 0.3 is 0 Å². The standard InChI is InChI=1S/C14H18ClFN2S/c1-9-4-2-3-5-12(9)17-14(19)18-13-7-6-10(16)8-11(13)15/h6-9,12H,2-5H2,1H3,(H2,17,18,19)/t9-,12-/m0/s1. The molecule has 0 unspecified atom stereocenters. The molecule has 0 amide bonds. The van der Waals surface area contributed by atoms with E-state index in [2.05, 4.69) is 17.6 Å². The molecule has 0 heterocycles. The van der Waals surface area contributed by atoms with Gasteiger partial charge in [-0.3, -0.25) is 0 Å². The predicted molar refractivity (Wildman–Crippen MR) is 82.2 cm³/mol. The third-order valence-electron chi connectivity index (χ3n) is 3.61. The lowest BCUT2D eigenvalue weighted by Crippen LogP contribution is -2.43. The largest absolute Gasteiger partial charge is 0.359 e. The Morgan fingerprint density at radius 3 is 2.79 bits per heavy atom. The van der Waals surface area contributed by atoms with Crippen LogP contribution in [0.5, 0.6) is 0 Å². The quantitative estimate of drug-likeness (QED) is 0.794. The van der Waals surface area contributed by atoms with Crippen LogP contribution in [0, 0.1) is 11.7 Å². The highest BCUT2D eigenvalue weighted by Gasteiger charge is 2.21. The fourth-order valence-corrected chi connectivity index (χ4v) is 2.92. The first-order chi connectivity index (χ1) is 9.06. The van der Waals surface area contributed by atoms with Crippen LogP contribution >= 0.6 is 23.8 Å². The molecule has 0 radical (unpaired) electrons. The predicted octanol–water partition coefficient (Wildman–Crippen LogP) is 4.34. The minimum absolute atomic E-state index is 0.334. The molecule has 0 bridgehead atoms. The summed E-state index contributed by atoms with van der Waals surface area (Å²) in [6.45, 7) is 2.24. The summed E-state index contributed by atoms with van der Waals surface area (Å²) in [5.74, 6) is 0.271. The maximum atomic E-state index is 12.9. The number of thiocarbonyl (C=S) groups is 1. The molecule has 19 heavy (non-hydrogen) atoms. The third kappa shape index (κ3) is 4.05. The van der Waals surface area contributed by atoms with E-state index in [1.165, 1.54) is 31.4 Å². The molecular formula is C14H18ClFN2S. The number of rotatable bonds is 2. The second-order valence-corrected chi connectivity index (χ2v) is 5.91. The first-order valence-corrected chi connectivity index (χ1v) is 7.37. The molecule has 1 saturated carbocycles. The van der Waals surface area contributed by atoms with Crippen molar-refractivity contribution in [2.24, 2.45) is 5.92 Å². The summed E-state index contributed by atoms with van der Waals surface area (Å²) in [6, 6.07) is 4.64. The van der Waals surface area contributed by atoms with Gasteiger partial charge in [-0.25, -0.2) is 4.39 Å². The van der Waals surface area contributed by atoms with Gasteiger partial charge in [-0.05, 0) is 49.2 Å². The molecule has 0 saturated heterocycles. The minimum Gasteiger partial charge on any atom is -0.359 e. The number of hydrogen-bond acceptors (Lipinski definition) is 1. The lowest BCUT2D eigenvalue weighted by atomic mass is 9.86. The van der Waals surface area contributed by atoms with E-state index in [0.29, 0.717) is 27.8 Å². The molecule has 1 aliphatic carbocycles. The lowest BCUT2D eigenvalue weighted by Gasteiger charge is -2.30. The lowest BCUT2D eigenvalue weighted by molar-refractivity contribution is 0.309. The molecule has 1 aliphatic rings. The van der Waals surface area contributed by atoms with Gasteiger partial charge < -0.3 is 10.6 Å². The van der Waals surface area contributed by atoms with Crippen molar-refractivity contribution >= 4 is 34.6 Å². The maximum Gasteiger partial charge on any atom is 0.171 e. The Morgan fingerprint density at radius 1 is 1.37 bits per heavy atom. The van der Waals surface area contributed by atoms with Crippen LogP contribution in [-0.4, -0.2) is 11.2 Å². The number of hydrogen-bond donors (Lipinski definition) is 2. The van der Waals surface area contributed by atoms with Crippen LogP contribution in [0.3, 0.4) is 0 Å². The number of halogens is 2. The molecule has 2 nitrogen and oxygen atoms in total. The van der Waals surface area contributed by atoms with Crippen molar-refractivity contribution in [3.05, 3.63) is 29.0 Å². The molecular weight excluding hydrogens is 283 g/mol. The van der Waals surface area contributed by atoms with Crippen LogP contribution in [-0.2, 0) is 0 Å². The summed E-state index contributed by atoms with van der Waals surface area (Å²) < 4.78 is 12.9. The molecule has 2 atom stereocenters. The van der Waals surface area contributed by atoms with Gasteiger partial charge in [0, 0.05) is 6.04 Å². The Bertz CT molecular complexity index is 467. The van der Waals surface area contributed by atoms with E-state index in [1.807, 2.05) is 0 Å². The van der Waals surface area contributed by atoms with E-state index in [0.717, 1.165) is 6.42 Å². The summed E-state index contributed by atoms with van der Waals surface area (Å²) in [5, 5.41) is 7.24. The highest BCUT2D eigenvalue weighted by atomic mass is 35.5. The van der Waals surface area contributed by atoms with Gasteiger partial charge in [0.15, 0.2) is 5.11 Å². The summed E-state index contributed by atoms with van der Waals surface area (Å²) in [7, 11) is 0. The fraction of sp³-hybridized carbons (Fsp3) is 0.500. The molecule has 0 aromatic heterocycles. The molecule has 1 aromatic carbocycles. The molecule has 2 rings (SSSR count). The summed E-state index contributed by atoms with van der Waals surface area (Å²) >= 11 is 11.2. The average Bonchev–Trinajstić information content (AvgIpc) is 2.36. The zero-order valence-corrected chi connectivity index (χ0v) is 12.5. The molecule has 0 aliphatic heterocycles. The van der Waals surface area contributed by atoms with Crippen molar-refractivity contribution in [1.29, 1.82) is 0 Å². The van der Waals surface area contributed by atoms with Crippen LogP contribution in [0.1, 0.15) is 32.6 Å². The maximum absolute atomic E-state index is 12.9. The van der Waals surface area contributed by atoms with Crippen molar-refractivity contribution < 1.29 is 4.39 Å². The van der Waals surface area contributed by atoms with Crippen LogP contribution in [0.15, 0.2) is 18.2 Å². The summed E-state index contributed by atoms with van der Waals surface area (Å²) in [4.78, 5) is 0. The molecule has 1 aromatic rings. The Balaban J connectivity index is 1.93. The van der Waals surface area contributed by atoms with Crippen molar-refractivity contribution in [1.82, 2.24) is 5.32 Å². The van der Waals surface area contributed by atoms with E-state index in [-0.39, 0.29) is 5.82 Å². The van der Waals surface area contributed by atoms with Crippen LogP contribution in [0.25, 0.3) is 0 Å². The Labute approximate surface area is 123 Å². The van der Waals surface area contributed by atoms with E-state index in [4.69, 9.17) is 23.8 Å². The van der Waals surface area contributed by atoms with E-state index in [9.17, 15) is 4.39 Å². The third-order valence-corrected chi connectivity index (χ3v) is 4.14. The van der Waals surface area contributed by atoms with Gasteiger partial charge in [0.05, 0.1) is 10.7 Å². The molecule has 1 fully saturated rings. The second kappa shape index (κ2) is 6.53. The van der Waals surface area contributed by atoms with Gasteiger partial charge in [0.25, 0.3) is 0 Å². The minimum atomic E-state index is -0.352. The highest BCUT2D eigenvalue weighted by molar-refractivity contribution is 7.80. The molecule has 5 heteroatoms. The van der Waals surface area contributed by atoms with E-state index < -0.39 is 0 Å². The monoisotopic (exact) mass is 300 g/mol. The van der Waals surface area contributed by atoms with E-state index in [1.54, 1.807) is 6.07 Å². The Hall–Kier alpha value is -0.870. The normalized spacial score (nSPS) is 22.9. The first kappa shape index (κ1) is 14.5. The molecule has 2 N–H and O–H groups in total. The number of anilines is 1. The first-order valence-electron chi connectivity index (χ1n) is 6.59. The van der Waals surface area contributed by atoms with Gasteiger partial charge in [-0.15, -0.1) is 0 Å². The summed E-state index contributed by atoms with van der Waals surface area (Å²) in [6.07, 6.45) is 4.91. The number of benzene rings is 1. The van der Waals surface area contributed by atoms with Gasteiger partial charge in [0.1, 0.15) is 5.82 Å². The average molecular weight is 301 g/mol. The smallest absolute Gasteiger partial charge is 0.171 e. The fourth-order valence-electron chi connectivity index (χ4n) is 2.45. The zero-order chi connectivity index (χ0) is 13.8. The Morgan fingerprint density at radius 2 is 2.11 bits per heavy atom. The second-order valence-electron chi connectivity index (χ2n) is 5.09. The highest BCUT2D eigenvalue weighted by Crippen LogP contribution is 2.25. The topological polar surface area (TPSA) is 24.1 Å². The van der Waals surface area contributed by atoms with Crippen LogP contribution in [0.2, 0.25) is 5.02 Å². The summed E-state index contributed by atoms with van der Waals surface area (Å²) in [5.41, 5.74) is 0.629. The van der Waals surface area contributed by atoms with E-state index >= 15 is 0 Å². The Kier molecular flexibility index (Phi) is 4.99. The van der Waals surface area contributed by atoms with Gasteiger partial charge in [0.2, 0.25) is 0 Å². The molecule has 0 spiro atoms. The van der Waals surface area contributed by atoms with Crippen molar-refractivity contribution in [3.63, 3.8) is 0 Å². The van der Waals surface area contributed by atoms with Crippen LogP contribution < -0.4 is 10.6 Å². The van der Waals surface area contributed by atoms with Crippen LogP contribution in [0.4, 0.5) is 10.1 Å². The van der Waals surface area contributed by atoms with Crippen molar-refractivity contribution in [2.75, 3.05) is 5.32 Å². The number of nitrogens with one attached hydrogen (secondary N) is 2. The van der Waals surface area contributed by atoms with Gasteiger partial charge in [-0.1, -0.05) is 31.4 Å². The SMILES string of the molecule is C[C@H]1CCCC[C@@H]1NC(=S)Nc1ccc(F)cc1Cl. The molecule has 104 valence electrons. The van der Waals surface area contributed by atoms with Crippen molar-refractivity contribution in [3.8, 4) is 0 Å². The van der Waals surface area contributed by atoms with Gasteiger partial charge in [-0.2, -0.15) is 0 Å².